The molecule has 2 aromatic rings. The summed E-state index contributed by atoms with van der Waals surface area (Å²) in [5.74, 6) is 0. The van der Waals surface area contributed by atoms with Gasteiger partial charge in [-0.05, 0) is 30.7 Å². The molecular weight excluding hydrogens is 298 g/mol. The van der Waals surface area contributed by atoms with Gasteiger partial charge in [0.25, 0.3) is 10.0 Å². The average molecular weight is 315 g/mol. The predicted octanol–water partition coefficient (Wildman–Crippen LogP) is 3.24. The molecule has 0 amide bonds. The highest BCUT2D eigenvalue weighted by Crippen LogP contribution is 2.23. The van der Waals surface area contributed by atoms with Crippen molar-refractivity contribution >= 4 is 28.1 Å². The van der Waals surface area contributed by atoms with Crippen molar-refractivity contribution in [2.24, 2.45) is 0 Å². The van der Waals surface area contributed by atoms with Gasteiger partial charge in [-0.3, -0.25) is 9.10 Å². The topological polar surface area (TPSA) is 54.5 Å². The van der Waals surface area contributed by atoms with Crippen LogP contribution in [0.2, 0.25) is 0 Å². The van der Waals surface area contributed by atoms with Crippen LogP contribution in [-0.4, -0.2) is 21.8 Å². The van der Waals surface area contributed by atoms with Gasteiger partial charge in [-0.25, -0.2) is 8.42 Å². The number of sulfonamides is 1. The van der Waals surface area contributed by atoms with Gasteiger partial charge in [0.05, 0.1) is 11.1 Å². The first kappa shape index (κ1) is 16.0. The lowest BCUT2D eigenvalue weighted by Gasteiger charge is -2.19. The van der Waals surface area contributed by atoms with Crippen molar-refractivity contribution in [1.29, 1.82) is 0 Å². The highest BCUT2D eigenvalue weighted by Gasteiger charge is 2.17. The van der Waals surface area contributed by atoms with Gasteiger partial charge in [-0.2, -0.15) is 0 Å². The average Bonchev–Trinajstić information content (AvgIpc) is 2.53. The molecule has 22 heavy (non-hydrogen) atoms. The van der Waals surface area contributed by atoms with Crippen LogP contribution in [0.5, 0.6) is 0 Å². The van der Waals surface area contributed by atoms with Gasteiger partial charge in [0.2, 0.25) is 0 Å². The molecule has 4 nitrogen and oxygen atoms in total. The van der Waals surface area contributed by atoms with Crippen molar-refractivity contribution in [3.63, 3.8) is 0 Å². The molecule has 0 radical (unpaired) electrons. The Kier molecular flexibility index (Phi) is 4.78. The molecule has 0 saturated heterocycles. The second-order valence-corrected chi connectivity index (χ2v) is 6.76. The number of aldehydes is 1. The third-order valence-corrected chi connectivity index (χ3v) is 4.70. The molecule has 0 aliphatic heterocycles. The van der Waals surface area contributed by atoms with Crippen LogP contribution in [0.3, 0.4) is 0 Å². The van der Waals surface area contributed by atoms with E-state index in [1.807, 2.05) is 37.3 Å². The fourth-order valence-electron chi connectivity index (χ4n) is 2.01. The maximum Gasteiger partial charge on any atom is 0.257 e. The van der Waals surface area contributed by atoms with Crippen molar-refractivity contribution in [2.75, 3.05) is 11.4 Å². The number of benzene rings is 2. The van der Waals surface area contributed by atoms with Crippen molar-refractivity contribution in [2.45, 2.75) is 6.92 Å². The van der Waals surface area contributed by atoms with E-state index in [0.29, 0.717) is 17.5 Å². The smallest absolute Gasteiger partial charge is 0.257 e. The molecule has 114 valence electrons. The SMILES string of the molecule is Cc1ccc(N(C)S(=O)(=O)/C=C/c2ccccc2)c(C=O)c1. The number of carbonyl (C=O) groups excluding carboxylic acids is 1. The molecular formula is C17H17NO3S. The number of hydrogen-bond acceptors (Lipinski definition) is 3. The van der Waals surface area contributed by atoms with E-state index in [-0.39, 0.29) is 0 Å². The molecule has 0 N–H and O–H groups in total. The van der Waals surface area contributed by atoms with Crippen LogP contribution in [0.4, 0.5) is 5.69 Å². The molecule has 5 heteroatoms. The number of rotatable bonds is 5. The van der Waals surface area contributed by atoms with E-state index in [1.165, 1.54) is 13.1 Å². The van der Waals surface area contributed by atoms with Gasteiger partial charge in [-0.15, -0.1) is 0 Å². The Hall–Kier alpha value is -2.40. The first-order valence-corrected chi connectivity index (χ1v) is 8.22. The quantitative estimate of drug-likeness (QED) is 0.796. The van der Waals surface area contributed by atoms with Crippen LogP contribution in [0.15, 0.2) is 53.9 Å². The lowest BCUT2D eigenvalue weighted by molar-refractivity contribution is 0.112. The molecule has 0 aliphatic carbocycles. The molecule has 0 atom stereocenters. The Morgan fingerprint density at radius 3 is 2.36 bits per heavy atom. The Morgan fingerprint density at radius 2 is 1.73 bits per heavy atom. The molecule has 2 aromatic carbocycles. The molecule has 0 spiro atoms. The molecule has 2 rings (SSSR count). The molecule has 0 heterocycles. The minimum Gasteiger partial charge on any atom is -0.298 e. The maximum absolute atomic E-state index is 12.4. The molecule has 0 bridgehead atoms. The van der Waals surface area contributed by atoms with Gasteiger partial charge in [0, 0.05) is 12.6 Å². The summed E-state index contributed by atoms with van der Waals surface area (Å²) < 4.78 is 25.9. The second-order valence-electron chi connectivity index (χ2n) is 4.91. The summed E-state index contributed by atoms with van der Waals surface area (Å²) in [4.78, 5) is 11.2. The van der Waals surface area contributed by atoms with E-state index >= 15 is 0 Å². The van der Waals surface area contributed by atoms with Crippen LogP contribution in [0.1, 0.15) is 21.5 Å². The predicted molar refractivity (Wildman–Crippen MR) is 89.4 cm³/mol. The molecule has 0 aromatic heterocycles. The number of anilines is 1. The number of aryl methyl sites for hydroxylation is 1. The van der Waals surface area contributed by atoms with E-state index in [1.54, 1.807) is 18.2 Å². The van der Waals surface area contributed by atoms with Crippen LogP contribution in [0, 0.1) is 6.92 Å². The minimum atomic E-state index is -3.66. The van der Waals surface area contributed by atoms with E-state index in [0.717, 1.165) is 20.8 Å². The van der Waals surface area contributed by atoms with Crippen molar-refractivity contribution in [3.8, 4) is 0 Å². The van der Waals surface area contributed by atoms with E-state index < -0.39 is 10.0 Å². The van der Waals surface area contributed by atoms with Crippen LogP contribution < -0.4 is 4.31 Å². The largest absolute Gasteiger partial charge is 0.298 e. The lowest BCUT2D eigenvalue weighted by atomic mass is 10.1. The first-order valence-electron chi connectivity index (χ1n) is 6.72. The zero-order valence-corrected chi connectivity index (χ0v) is 13.2. The van der Waals surface area contributed by atoms with Gasteiger partial charge < -0.3 is 0 Å². The van der Waals surface area contributed by atoms with Crippen LogP contribution >= 0.6 is 0 Å². The van der Waals surface area contributed by atoms with Crippen molar-refractivity contribution < 1.29 is 13.2 Å². The maximum atomic E-state index is 12.4. The first-order chi connectivity index (χ1) is 10.4. The van der Waals surface area contributed by atoms with Gasteiger partial charge >= 0.3 is 0 Å². The summed E-state index contributed by atoms with van der Waals surface area (Å²) in [6.45, 7) is 1.85. The third-order valence-electron chi connectivity index (χ3n) is 3.26. The van der Waals surface area contributed by atoms with E-state index in [2.05, 4.69) is 0 Å². The summed E-state index contributed by atoms with van der Waals surface area (Å²) in [6.07, 6.45) is 2.19. The van der Waals surface area contributed by atoms with E-state index in [4.69, 9.17) is 0 Å². The zero-order valence-electron chi connectivity index (χ0n) is 12.4. The highest BCUT2D eigenvalue weighted by atomic mass is 32.2. The zero-order chi connectivity index (χ0) is 16.2. The van der Waals surface area contributed by atoms with Crippen LogP contribution in [0.25, 0.3) is 6.08 Å². The molecule has 0 fully saturated rings. The monoisotopic (exact) mass is 315 g/mol. The number of carbonyl (C=O) groups is 1. The summed E-state index contributed by atoms with van der Waals surface area (Å²) in [5, 5.41) is 1.14. The highest BCUT2D eigenvalue weighted by molar-refractivity contribution is 7.95. The van der Waals surface area contributed by atoms with Crippen molar-refractivity contribution in [1.82, 2.24) is 0 Å². The lowest BCUT2D eigenvalue weighted by Crippen LogP contribution is -2.25. The fraction of sp³-hybridized carbons (Fsp3) is 0.118. The molecule has 0 aliphatic rings. The van der Waals surface area contributed by atoms with Gasteiger partial charge in [0.15, 0.2) is 6.29 Å². The Labute approximate surface area is 130 Å². The fourth-order valence-corrected chi connectivity index (χ4v) is 2.96. The van der Waals surface area contributed by atoms with Gasteiger partial charge in [-0.1, -0.05) is 42.0 Å². The van der Waals surface area contributed by atoms with E-state index in [9.17, 15) is 13.2 Å². The molecule has 0 saturated carbocycles. The minimum absolute atomic E-state index is 0.346. The van der Waals surface area contributed by atoms with Crippen molar-refractivity contribution in [3.05, 3.63) is 70.6 Å². The second kappa shape index (κ2) is 6.58. The van der Waals surface area contributed by atoms with Crippen LogP contribution in [-0.2, 0) is 10.0 Å². The summed E-state index contributed by atoms with van der Waals surface area (Å²) in [7, 11) is -2.23. The third kappa shape index (κ3) is 3.62. The Morgan fingerprint density at radius 1 is 1.05 bits per heavy atom. The normalized spacial score (nSPS) is 11.5. The van der Waals surface area contributed by atoms with Gasteiger partial charge in [0.1, 0.15) is 0 Å². The number of hydrogen-bond donors (Lipinski definition) is 0. The summed E-state index contributed by atoms with van der Waals surface area (Å²) in [6, 6.07) is 14.2. The Bertz CT molecular complexity index is 796. The molecule has 0 unspecified atom stereocenters. The summed E-state index contributed by atoms with van der Waals surface area (Å²) >= 11 is 0. The summed E-state index contributed by atoms with van der Waals surface area (Å²) in [5.41, 5.74) is 2.40. The standard InChI is InChI=1S/C17H17NO3S/c1-14-8-9-17(16(12-14)13-19)18(2)22(20,21)11-10-15-6-4-3-5-7-15/h3-13H,1-2H3/b11-10+. The Balaban J connectivity index is 2.33. The number of nitrogens with zero attached hydrogens (tertiary/aromatic N) is 1.